The van der Waals surface area contributed by atoms with Gasteiger partial charge < -0.3 is 13.9 Å². The highest BCUT2D eigenvalue weighted by molar-refractivity contribution is 7.98. The van der Waals surface area contributed by atoms with E-state index in [1.807, 2.05) is 35.9 Å². The number of rotatable bonds is 6. The van der Waals surface area contributed by atoms with Crippen LogP contribution in [-0.2, 0) is 5.75 Å². The highest BCUT2D eigenvalue weighted by Crippen LogP contribution is 2.34. The van der Waals surface area contributed by atoms with Gasteiger partial charge in [-0.1, -0.05) is 11.2 Å². The number of aromatic amines is 1. The minimum Gasteiger partial charge on any atom is -0.464 e. The molecule has 0 saturated heterocycles. The maximum atomic E-state index is 12.7. The molecule has 1 atom stereocenters. The van der Waals surface area contributed by atoms with Crippen LogP contribution in [0.5, 0.6) is 0 Å². The van der Waals surface area contributed by atoms with Gasteiger partial charge in [0.15, 0.2) is 0 Å². The molecule has 5 heterocycles. The van der Waals surface area contributed by atoms with Crippen LogP contribution in [0, 0.1) is 0 Å². The Labute approximate surface area is 176 Å². The van der Waals surface area contributed by atoms with Gasteiger partial charge in [0.1, 0.15) is 16.4 Å². The summed E-state index contributed by atoms with van der Waals surface area (Å²) in [5, 5.41) is 8.41. The maximum absolute atomic E-state index is 12.7. The third-order valence-corrected chi connectivity index (χ3v) is 7.18. The van der Waals surface area contributed by atoms with Crippen LogP contribution in [0.4, 0.5) is 0 Å². The van der Waals surface area contributed by atoms with Crippen LogP contribution in [0.2, 0.25) is 0 Å². The lowest BCUT2D eigenvalue weighted by molar-refractivity contribution is 0.391. The van der Waals surface area contributed by atoms with E-state index in [1.165, 1.54) is 11.3 Å². The number of thiophene rings is 2. The molecule has 5 aromatic heterocycles. The first-order valence-corrected chi connectivity index (χ1v) is 11.5. The van der Waals surface area contributed by atoms with Crippen LogP contribution in [0.25, 0.3) is 32.2 Å². The van der Waals surface area contributed by atoms with Gasteiger partial charge in [-0.05, 0) is 30.5 Å². The number of hydrogen-bond acceptors (Lipinski definition) is 9. The van der Waals surface area contributed by atoms with Crippen molar-refractivity contribution in [2.24, 2.45) is 0 Å². The third kappa shape index (κ3) is 3.54. The Kier molecular flexibility index (Phi) is 4.82. The largest absolute Gasteiger partial charge is 0.464 e. The van der Waals surface area contributed by atoms with Crippen LogP contribution < -0.4 is 5.56 Å². The number of thioether (sulfide) groups is 1. The molecule has 0 aromatic carbocycles. The number of furan rings is 1. The Hall–Kier alpha value is -2.69. The van der Waals surface area contributed by atoms with Crippen molar-refractivity contribution in [1.82, 2.24) is 20.1 Å². The van der Waals surface area contributed by atoms with E-state index in [1.54, 1.807) is 35.4 Å². The predicted octanol–water partition coefficient (Wildman–Crippen LogP) is 5.35. The second kappa shape index (κ2) is 7.62. The van der Waals surface area contributed by atoms with Gasteiger partial charge in [0.05, 0.1) is 27.5 Å². The first-order valence-electron chi connectivity index (χ1n) is 8.72. The van der Waals surface area contributed by atoms with Gasteiger partial charge in [-0.25, -0.2) is 4.98 Å². The van der Waals surface area contributed by atoms with Crippen molar-refractivity contribution in [2.75, 3.05) is 0 Å². The number of hydrogen-bond donors (Lipinski definition) is 1. The lowest BCUT2D eigenvalue weighted by atomic mass is 10.2. The van der Waals surface area contributed by atoms with Crippen molar-refractivity contribution in [3.8, 4) is 22.0 Å². The van der Waals surface area contributed by atoms with E-state index in [2.05, 4.69) is 20.1 Å². The lowest BCUT2D eigenvalue weighted by Crippen LogP contribution is -2.12. The number of H-pyrrole nitrogens is 1. The molecule has 0 aliphatic rings. The molecule has 146 valence electrons. The average Bonchev–Trinajstić information content (AvgIpc) is 3.52. The molecule has 0 amide bonds. The van der Waals surface area contributed by atoms with E-state index in [0.717, 1.165) is 10.4 Å². The molecule has 0 bridgehead atoms. The van der Waals surface area contributed by atoms with Crippen molar-refractivity contribution in [2.45, 2.75) is 17.9 Å². The number of aromatic nitrogens is 4. The summed E-state index contributed by atoms with van der Waals surface area (Å²) in [6.07, 6.45) is 1.59. The highest BCUT2D eigenvalue weighted by atomic mass is 32.2. The molecular formula is C19H14N4O3S3. The maximum Gasteiger partial charge on any atom is 0.260 e. The SMILES string of the molecule is C[C@@H](SCc1nc(-c2cccs2)no1)c1nc2scc(-c3ccco3)c2c(=O)[nH]1. The van der Waals surface area contributed by atoms with Crippen LogP contribution in [0.1, 0.15) is 23.9 Å². The second-order valence-corrected chi connectivity index (χ2v) is 9.34. The van der Waals surface area contributed by atoms with Crippen molar-refractivity contribution in [1.29, 1.82) is 0 Å². The summed E-state index contributed by atoms with van der Waals surface area (Å²) in [5.41, 5.74) is 0.602. The molecule has 29 heavy (non-hydrogen) atoms. The van der Waals surface area contributed by atoms with Gasteiger partial charge in [0.25, 0.3) is 5.56 Å². The van der Waals surface area contributed by atoms with Gasteiger partial charge in [0, 0.05) is 10.9 Å². The molecule has 0 unspecified atom stereocenters. The Morgan fingerprint density at radius 1 is 1.24 bits per heavy atom. The average molecular weight is 443 g/mol. The van der Waals surface area contributed by atoms with Crippen LogP contribution in [0.15, 0.2) is 55.0 Å². The van der Waals surface area contributed by atoms with Crippen molar-refractivity contribution < 1.29 is 8.94 Å². The first kappa shape index (κ1) is 18.3. The normalized spacial score (nSPS) is 12.6. The minimum atomic E-state index is -0.164. The third-order valence-electron chi connectivity index (χ3n) is 4.30. The summed E-state index contributed by atoms with van der Waals surface area (Å²) in [4.78, 5) is 26.4. The number of fused-ring (bicyclic) bond motifs is 1. The van der Waals surface area contributed by atoms with E-state index >= 15 is 0 Å². The summed E-state index contributed by atoms with van der Waals surface area (Å²) >= 11 is 4.58. The monoisotopic (exact) mass is 442 g/mol. The van der Waals surface area contributed by atoms with E-state index in [0.29, 0.717) is 39.3 Å². The fraction of sp³-hybridized carbons (Fsp3) is 0.158. The first-order chi connectivity index (χ1) is 14.2. The number of nitrogens with zero attached hydrogens (tertiary/aromatic N) is 3. The fourth-order valence-electron chi connectivity index (χ4n) is 2.87. The van der Waals surface area contributed by atoms with Gasteiger partial charge in [-0.2, -0.15) is 4.98 Å². The zero-order valence-electron chi connectivity index (χ0n) is 15.1. The highest BCUT2D eigenvalue weighted by Gasteiger charge is 2.18. The van der Waals surface area contributed by atoms with Crippen LogP contribution in [-0.4, -0.2) is 20.1 Å². The van der Waals surface area contributed by atoms with E-state index < -0.39 is 0 Å². The van der Waals surface area contributed by atoms with Gasteiger partial charge in [-0.3, -0.25) is 4.79 Å². The Morgan fingerprint density at radius 3 is 2.97 bits per heavy atom. The van der Waals surface area contributed by atoms with Crippen molar-refractivity contribution in [3.63, 3.8) is 0 Å². The molecule has 0 radical (unpaired) electrons. The van der Waals surface area contributed by atoms with Crippen LogP contribution in [0.3, 0.4) is 0 Å². The van der Waals surface area contributed by atoms with Gasteiger partial charge in [-0.15, -0.1) is 34.4 Å². The Balaban J connectivity index is 1.35. The molecule has 0 fully saturated rings. The summed E-state index contributed by atoms with van der Waals surface area (Å²) in [7, 11) is 0. The zero-order valence-corrected chi connectivity index (χ0v) is 17.6. The van der Waals surface area contributed by atoms with E-state index in [9.17, 15) is 4.79 Å². The molecule has 0 aliphatic heterocycles. The van der Waals surface area contributed by atoms with Crippen molar-refractivity contribution in [3.05, 3.63) is 63.4 Å². The lowest BCUT2D eigenvalue weighted by Gasteiger charge is -2.09. The topological polar surface area (TPSA) is 97.8 Å². The molecule has 0 aliphatic carbocycles. The molecule has 7 nitrogen and oxygen atoms in total. The molecule has 10 heteroatoms. The molecule has 5 aromatic rings. The summed E-state index contributed by atoms with van der Waals surface area (Å²) in [5.74, 6) is 2.96. The molecular weight excluding hydrogens is 428 g/mol. The molecule has 1 N–H and O–H groups in total. The van der Waals surface area contributed by atoms with E-state index in [-0.39, 0.29) is 10.8 Å². The van der Waals surface area contributed by atoms with E-state index in [4.69, 9.17) is 8.94 Å². The van der Waals surface area contributed by atoms with Gasteiger partial charge >= 0.3 is 0 Å². The fourth-order valence-corrected chi connectivity index (χ4v) is 5.23. The second-order valence-electron chi connectivity index (χ2n) is 6.20. The van der Waals surface area contributed by atoms with Crippen LogP contribution >= 0.6 is 34.4 Å². The zero-order chi connectivity index (χ0) is 19.8. The predicted molar refractivity (Wildman–Crippen MR) is 115 cm³/mol. The van der Waals surface area contributed by atoms with Gasteiger partial charge in [0.2, 0.25) is 11.7 Å². The standard InChI is InChI=1S/C19H14N4O3S3/c1-10(28-9-14-20-17(23-26-14)13-5-3-7-27-13)16-21-18(24)15-11(8-29-19(15)22-16)12-4-2-6-25-12/h2-8,10H,9H2,1H3,(H,21,22,24)/t10-/m1/s1. The minimum absolute atomic E-state index is 0.0432. The molecule has 0 saturated carbocycles. The quantitative estimate of drug-likeness (QED) is 0.378. The summed E-state index contributed by atoms with van der Waals surface area (Å²) < 4.78 is 10.8. The number of nitrogens with one attached hydrogen (secondary N) is 1. The Morgan fingerprint density at radius 2 is 2.17 bits per heavy atom. The summed E-state index contributed by atoms with van der Waals surface area (Å²) in [6.45, 7) is 1.99. The Bertz CT molecular complexity index is 1300. The molecule has 5 rings (SSSR count). The smallest absolute Gasteiger partial charge is 0.260 e. The summed E-state index contributed by atoms with van der Waals surface area (Å²) in [6, 6.07) is 7.54. The van der Waals surface area contributed by atoms with Crippen molar-refractivity contribution >= 4 is 44.7 Å². The molecule has 0 spiro atoms.